The van der Waals surface area contributed by atoms with Gasteiger partial charge in [0, 0.05) is 22.5 Å². The maximum atomic E-state index is 14.4. The van der Waals surface area contributed by atoms with Crippen molar-refractivity contribution < 1.29 is 13.9 Å². The summed E-state index contributed by atoms with van der Waals surface area (Å²) in [5.41, 5.74) is 1.03. The van der Waals surface area contributed by atoms with Crippen LogP contribution < -0.4 is 14.8 Å². The molecule has 0 saturated carbocycles. The number of ether oxygens (including phenoxy) is 2. The van der Waals surface area contributed by atoms with Crippen molar-refractivity contribution in [3.63, 3.8) is 0 Å². The minimum absolute atomic E-state index is 0. The molecule has 1 aromatic heterocycles. The highest BCUT2D eigenvalue weighted by molar-refractivity contribution is 9.10. The van der Waals surface area contributed by atoms with Gasteiger partial charge in [0.15, 0.2) is 11.5 Å². The van der Waals surface area contributed by atoms with Gasteiger partial charge in [-0.1, -0.05) is 43.1 Å². The smallest absolute Gasteiger partial charge is 0.163 e. The highest BCUT2D eigenvalue weighted by Gasteiger charge is 2.14. The number of rotatable bonds is 12. The first-order valence-corrected chi connectivity index (χ1v) is 11.8. The van der Waals surface area contributed by atoms with Crippen LogP contribution in [0.5, 0.6) is 11.5 Å². The molecule has 0 atom stereocenters. The number of benzene rings is 2. The van der Waals surface area contributed by atoms with Crippen molar-refractivity contribution in [1.29, 1.82) is 0 Å². The number of fused-ring (bicyclic) bond motifs is 1. The van der Waals surface area contributed by atoms with E-state index in [0.29, 0.717) is 46.2 Å². The molecule has 0 bridgehead atoms. The van der Waals surface area contributed by atoms with Crippen molar-refractivity contribution in [2.45, 2.75) is 33.6 Å². The van der Waals surface area contributed by atoms with Crippen LogP contribution in [-0.2, 0) is 0 Å². The molecular formula is C24H31BrClFN4O2. The van der Waals surface area contributed by atoms with Gasteiger partial charge in [0.1, 0.15) is 24.6 Å². The van der Waals surface area contributed by atoms with Crippen molar-refractivity contribution >= 4 is 50.7 Å². The molecule has 6 nitrogen and oxygen atoms in total. The lowest BCUT2D eigenvalue weighted by molar-refractivity contribution is 0.212. The molecule has 0 unspecified atom stereocenters. The second kappa shape index (κ2) is 13.5. The second-order valence-electron chi connectivity index (χ2n) is 7.36. The fraction of sp³-hybridized carbons (Fsp3) is 0.417. The lowest BCUT2D eigenvalue weighted by Gasteiger charge is -2.19. The quantitative estimate of drug-likeness (QED) is 0.261. The van der Waals surface area contributed by atoms with Gasteiger partial charge in [0.25, 0.3) is 0 Å². The van der Waals surface area contributed by atoms with Crippen molar-refractivity contribution in [2.24, 2.45) is 0 Å². The molecule has 1 N–H and O–H groups in total. The maximum absolute atomic E-state index is 14.4. The first kappa shape index (κ1) is 27.1. The van der Waals surface area contributed by atoms with Crippen LogP contribution in [0.3, 0.4) is 0 Å². The van der Waals surface area contributed by atoms with Crippen LogP contribution in [0.15, 0.2) is 41.1 Å². The summed E-state index contributed by atoms with van der Waals surface area (Å²) in [5.74, 6) is 1.42. The van der Waals surface area contributed by atoms with E-state index in [0.717, 1.165) is 37.9 Å². The summed E-state index contributed by atoms with van der Waals surface area (Å²) >= 11 is 3.28. The lowest BCUT2D eigenvalue weighted by atomic mass is 10.2. The van der Waals surface area contributed by atoms with E-state index in [1.165, 1.54) is 12.4 Å². The normalized spacial score (nSPS) is 10.8. The summed E-state index contributed by atoms with van der Waals surface area (Å²) in [5, 5.41) is 3.81. The van der Waals surface area contributed by atoms with Crippen molar-refractivity contribution in [2.75, 3.05) is 38.2 Å². The Morgan fingerprint density at radius 3 is 2.42 bits per heavy atom. The average molecular weight is 542 g/mol. The molecule has 0 aliphatic rings. The Morgan fingerprint density at radius 2 is 1.73 bits per heavy atom. The number of unbranched alkanes of at least 4 members (excludes halogenated alkanes) is 1. The third-order valence-corrected chi connectivity index (χ3v) is 5.69. The summed E-state index contributed by atoms with van der Waals surface area (Å²) in [6.07, 6.45) is 3.43. The van der Waals surface area contributed by atoms with Gasteiger partial charge in [0.05, 0.1) is 17.8 Å². The summed E-state index contributed by atoms with van der Waals surface area (Å²) in [6.45, 7) is 10.3. The summed E-state index contributed by atoms with van der Waals surface area (Å²) in [4.78, 5) is 11.0. The molecule has 0 radical (unpaired) electrons. The zero-order chi connectivity index (χ0) is 22.9. The molecule has 1 heterocycles. The van der Waals surface area contributed by atoms with E-state index in [-0.39, 0.29) is 18.2 Å². The van der Waals surface area contributed by atoms with Crippen LogP contribution in [0.2, 0.25) is 0 Å². The molecule has 0 spiro atoms. The standard InChI is InChI=1S/C24H30BrFN4O2.ClH/c1-4-7-11-31-22-14-18-21(15-23(22)32-12-10-30(5-2)6-3)27-16-28-24(18)29-20-9-8-17(25)13-19(20)26;/h8-9,13-16H,4-7,10-12H2,1-3H3,(H,27,28,29);1H. The third-order valence-electron chi connectivity index (χ3n) is 5.20. The largest absolute Gasteiger partial charge is 0.490 e. The molecule has 0 saturated heterocycles. The number of nitrogens with zero attached hydrogens (tertiary/aromatic N) is 3. The fourth-order valence-corrected chi connectivity index (χ4v) is 3.59. The third kappa shape index (κ3) is 7.42. The number of nitrogens with one attached hydrogen (secondary N) is 1. The van der Waals surface area contributed by atoms with Gasteiger partial charge in [-0.15, -0.1) is 12.4 Å². The molecule has 180 valence electrons. The molecule has 0 aliphatic carbocycles. The van der Waals surface area contributed by atoms with Gasteiger partial charge < -0.3 is 19.7 Å². The highest BCUT2D eigenvalue weighted by atomic mass is 79.9. The van der Waals surface area contributed by atoms with Gasteiger partial charge >= 0.3 is 0 Å². The summed E-state index contributed by atoms with van der Waals surface area (Å²) in [7, 11) is 0. The Kier molecular flexibility index (Phi) is 11.1. The predicted octanol–water partition coefficient (Wildman–Crippen LogP) is 6.60. The molecule has 2 aromatic carbocycles. The monoisotopic (exact) mass is 540 g/mol. The predicted molar refractivity (Wildman–Crippen MR) is 138 cm³/mol. The van der Waals surface area contributed by atoms with Crippen LogP contribution in [0.25, 0.3) is 10.9 Å². The fourth-order valence-electron chi connectivity index (χ4n) is 3.26. The molecule has 33 heavy (non-hydrogen) atoms. The molecule has 3 rings (SSSR count). The molecule has 9 heteroatoms. The Morgan fingerprint density at radius 1 is 1.00 bits per heavy atom. The molecule has 0 amide bonds. The zero-order valence-electron chi connectivity index (χ0n) is 19.2. The number of halogens is 3. The summed E-state index contributed by atoms with van der Waals surface area (Å²) < 4.78 is 27.2. The van der Waals surface area contributed by atoms with Crippen LogP contribution in [0.4, 0.5) is 15.9 Å². The van der Waals surface area contributed by atoms with E-state index in [4.69, 9.17) is 9.47 Å². The molecule has 0 fully saturated rings. The van der Waals surface area contributed by atoms with Gasteiger partial charge in [-0.3, -0.25) is 0 Å². The van der Waals surface area contributed by atoms with Crippen molar-refractivity contribution in [1.82, 2.24) is 14.9 Å². The summed E-state index contributed by atoms with van der Waals surface area (Å²) in [6, 6.07) is 8.58. The van der Waals surface area contributed by atoms with Crippen LogP contribution >= 0.6 is 28.3 Å². The Bertz CT molecular complexity index is 1040. The van der Waals surface area contributed by atoms with Gasteiger partial charge in [-0.25, -0.2) is 14.4 Å². The Labute approximate surface area is 209 Å². The molecular weight excluding hydrogens is 511 g/mol. The van der Waals surface area contributed by atoms with E-state index in [1.807, 2.05) is 12.1 Å². The van der Waals surface area contributed by atoms with E-state index >= 15 is 0 Å². The minimum atomic E-state index is -0.373. The topological polar surface area (TPSA) is 59.5 Å². The SMILES string of the molecule is CCCCOc1cc2c(Nc3ccc(Br)cc3F)ncnc2cc1OCCN(CC)CC.Cl. The number of hydrogen-bond donors (Lipinski definition) is 1. The van der Waals surface area contributed by atoms with Gasteiger partial charge in [-0.05, 0) is 43.8 Å². The highest BCUT2D eigenvalue weighted by Crippen LogP contribution is 2.35. The van der Waals surface area contributed by atoms with Crippen LogP contribution in [0.1, 0.15) is 33.6 Å². The Balaban J connectivity index is 0.00000385. The van der Waals surface area contributed by atoms with Crippen LogP contribution in [0, 0.1) is 5.82 Å². The van der Waals surface area contributed by atoms with Crippen LogP contribution in [-0.4, -0.2) is 47.7 Å². The second-order valence-corrected chi connectivity index (χ2v) is 8.28. The first-order valence-electron chi connectivity index (χ1n) is 11.0. The zero-order valence-corrected chi connectivity index (χ0v) is 21.6. The van der Waals surface area contributed by atoms with E-state index in [2.05, 4.69) is 56.9 Å². The van der Waals surface area contributed by atoms with E-state index in [1.54, 1.807) is 12.1 Å². The van der Waals surface area contributed by atoms with Gasteiger partial charge in [-0.2, -0.15) is 0 Å². The Hall–Kier alpha value is -2.16. The van der Waals surface area contributed by atoms with Crippen molar-refractivity contribution in [3.8, 4) is 11.5 Å². The van der Waals surface area contributed by atoms with Gasteiger partial charge in [0.2, 0.25) is 0 Å². The van der Waals surface area contributed by atoms with E-state index in [9.17, 15) is 4.39 Å². The minimum Gasteiger partial charge on any atom is -0.490 e. The average Bonchev–Trinajstić information content (AvgIpc) is 2.79. The number of likely N-dealkylation sites (N-methyl/N-ethyl adjacent to an activating group) is 1. The number of hydrogen-bond acceptors (Lipinski definition) is 6. The van der Waals surface area contributed by atoms with E-state index < -0.39 is 0 Å². The number of anilines is 2. The molecule has 0 aliphatic heterocycles. The first-order chi connectivity index (χ1) is 15.5. The number of aromatic nitrogens is 2. The molecule has 3 aromatic rings. The lowest BCUT2D eigenvalue weighted by Crippen LogP contribution is -2.28. The maximum Gasteiger partial charge on any atom is 0.163 e. The van der Waals surface area contributed by atoms with Crippen molar-refractivity contribution in [3.05, 3.63) is 46.9 Å².